The lowest BCUT2D eigenvalue weighted by Crippen LogP contribution is -1.95. The third kappa shape index (κ3) is 9.83. The Bertz CT molecular complexity index is 9310. The van der Waals surface area contributed by atoms with E-state index in [0.29, 0.717) is 5.56 Å². The second kappa shape index (κ2) is 25.4. The van der Waals surface area contributed by atoms with E-state index < -0.39 is 0 Å². The molecular formula is C119H66N2O. The van der Waals surface area contributed by atoms with Crippen LogP contribution in [0.5, 0.6) is 0 Å². The minimum absolute atomic E-state index is 0.660. The Morgan fingerprint density at radius 2 is 0.566 bits per heavy atom. The molecule has 0 saturated heterocycles. The molecule has 0 aliphatic rings. The number of hydrogen-bond acceptors (Lipinski definition) is 2. The van der Waals surface area contributed by atoms with Gasteiger partial charge in [0.15, 0.2) is 0 Å². The molecule has 0 unspecified atom stereocenters. The lowest BCUT2D eigenvalue weighted by Gasteiger charge is -2.19. The molecule has 0 atom stereocenters. The van der Waals surface area contributed by atoms with E-state index in [0.717, 1.165) is 77.1 Å². The van der Waals surface area contributed by atoms with E-state index in [4.69, 9.17) is 4.42 Å². The first kappa shape index (κ1) is 66.8. The van der Waals surface area contributed by atoms with E-state index in [1.807, 2.05) is 24.3 Å². The molecule has 0 fully saturated rings. The molecule has 27 rings (SSSR count). The molecule has 3 nitrogen and oxygen atoms in total. The van der Waals surface area contributed by atoms with Gasteiger partial charge < -0.3 is 8.98 Å². The molecule has 0 aliphatic carbocycles. The van der Waals surface area contributed by atoms with E-state index in [2.05, 4.69) is 387 Å². The molecule has 0 spiro atoms. The second-order valence-electron chi connectivity index (χ2n) is 33.6. The summed E-state index contributed by atoms with van der Waals surface area (Å²) in [5.74, 6) is 0. The Balaban J connectivity index is 0.628. The maximum Gasteiger partial charge on any atom is 0.143 e. The number of benzene rings is 25. The van der Waals surface area contributed by atoms with Crippen molar-refractivity contribution < 1.29 is 4.42 Å². The minimum atomic E-state index is 0.660. The molecule has 122 heavy (non-hydrogen) atoms. The molecule has 0 N–H and O–H groups in total. The van der Waals surface area contributed by atoms with Gasteiger partial charge in [-0.1, -0.05) is 291 Å². The number of furan rings is 1. The van der Waals surface area contributed by atoms with Gasteiger partial charge in [0.05, 0.1) is 22.7 Å². The third-order valence-corrected chi connectivity index (χ3v) is 27.2. The van der Waals surface area contributed by atoms with Crippen LogP contribution in [0.4, 0.5) is 0 Å². The highest BCUT2D eigenvalue weighted by Gasteiger charge is 2.25. The van der Waals surface area contributed by atoms with Crippen molar-refractivity contribution in [1.29, 1.82) is 5.26 Å². The number of rotatable bonds is 7. The zero-order valence-corrected chi connectivity index (χ0v) is 65.9. The van der Waals surface area contributed by atoms with Crippen LogP contribution in [0.1, 0.15) is 5.56 Å². The fraction of sp³-hybridized carbons (Fsp3) is 0. The van der Waals surface area contributed by atoms with Gasteiger partial charge >= 0.3 is 0 Å². The van der Waals surface area contributed by atoms with Crippen molar-refractivity contribution >= 4 is 205 Å². The molecule has 27 aromatic rings. The van der Waals surface area contributed by atoms with Crippen molar-refractivity contribution in [3.63, 3.8) is 0 Å². The average Bonchev–Trinajstić information content (AvgIpc) is 1.67. The van der Waals surface area contributed by atoms with Crippen molar-refractivity contribution in [1.82, 2.24) is 4.57 Å². The van der Waals surface area contributed by atoms with Crippen molar-refractivity contribution in [3.8, 4) is 78.5 Å². The van der Waals surface area contributed by atoms with Gasteiger partial charge in [0, 0.05) is 32.6 Å². The fourth-order valence-electron chi connectivity index (χ4n) is 21.4. The smallest absolute Gasteiger partial charge is 0.143 e. The van der Waals surface area contributed by atoms with E-state index >= 15 is 0 Å². The number of hydrogen-bond donors (Lipinski definition) is 0. The minimum Gasteiger partial charge on any atom is -0.455 e. The van der Waals surface area contributed by atoms with Gasteiger partial charge in [0.25, 0.3) is 0 Å². The van der Waals surface area contributed by atoms with Crippen LogP contribution in [0.25, 0.3) is 278 Å². The van der Waals surface area contributed by atoms with Crippen LogP contribution in [-0.4, -0.2) is 4.57 Å². The lowest BCUT2D eigenvalue weighted by molar-refractivity contribution is 0.673. The van der Waals surface area contributed by atoms with Gasteiger partial charge in [0.2, 0.25) is 0 Å². The first-order chi connectivity index (χ1) is 60.4. The summed E-state index contributed by atoms with van der Waals surface area (Å²) < 4.78 is 9.57. The summed E-state index contributed by atoms with van der Waals surface area (Å²) in [5, 5.41) is 50.8. The zero-order valence-electron chi connectivity index (χ0n) is 65.9. The molecule has 0 bridgehead atoms. The summed E-state index contributed by atoms with van der Waals surface area (Å²) in [5.41, 5.74) is 19.9. The van der Waals surface area contributed by atoms with Crippen LogP contribution in [0, 0.1) is 11.3 Å². The van der Waals surface area contributed by atoms with Gasteiger partial charge in [-0.2, -0.15) is 5.26 Å². The van der Waals surface area contributed by atoms with Gasteiger partial charge in [-0.3, -0.25) is 0 Å². The molecule has 3 heteroatoms. The maximum absolute atomic E-state index is 9.48. The Kier molecular flexibility index (Phi) is 13.9. The van der Waals surface area contributed by atoms with Crippen molar-refractivity contribution in [2.75, 3.05) is 0 Å². The third-order valence-electron chi connectivity index (χ3n) is 27.2. The quantitative estimate of drug-likeness (QED) is 0.118. The van der Waals surface area contributed by atoms with Gasteiger partial charge in [-0.25, -0.2) is 0 Å². The zero-order chi connectivity index (χ0) is 79.7. The van der Waals surface area contributed by atoms with E-state index in [-0.39, 0.29) is 0 Å². The maximum atomic E-state index is 9.48. The van der Waals surface area contributed by atoms with Crippen LogP contribution < -0.4 is 0 Å². The second-order valence-corrected chi connectivity index (χ2v) is 33.6. The summed E-state index contributed by atoms with van der Waals surface area (Å²) in [6.45, 7) is 0. The van der Waals surface area contributed by atoms with Crippen LogP contribution in [-0.2, 0) is 0 Å². The first-order valence-electron chi connectivity index (χ1n) is 42.1. The fourth-order valence-corrected chi connectivity index (χ4v) is 21.4. The van der Waals surface area contributed by atoms with E-state index in [9.17, 15) is 5.26 Å². The van der Waals surface area contributed by atoms with Gasteiger partial charge in [0.1, 0.15) is 11.2 Å². The summed E-state index contributed by atoms with van der Waals surface area (Å²) in [6.07, 6.45) is 0. The Labute approximate surface area is 699 Å². The Morgan fingerprint density at radius 1 is 0.189 bits per heavy atom. The molecule has 0 aliphatic heterocycles. The van der Waals surface area contributed by atoms with Crippen LogP contribution in [0.2, 0.25) is 0 Å². The van der Waals surface area contributed by atoms with Crippen LogP contribution in [0.15, 0.2) is 405 Å². The molecule has 2 aromatic heterocycles. The van der Waals surface area contributed by atoms with E-state index in [1.165, 1.54) is 201 Å². The van der Waals surface area contributed by atoms with Crippen LogP contribution >= 0.6 is 0 Å². The van der Waals surface area contributed by atoms with Crippen LogP contribution in [0.3, 0.4) is 0 Å². The number of fused-ring (bicyclic) bond motifs is 26. The number of nitriles is 1. The standard InChI is InChI=1S/C119H66N2O/c120-67-68-24-26-69(27-25-68)78-33-35-81-56-82(37-36-80(81)55-78)85-45-50-93-102(60-85)91-18-5-6-19-92(91)106-64-110-111(65-107(93)106)121(112-62-87-39-32-73-15-11-16-74-43-53-101(118(110)112)117(87)114(73)74)89-47-40-71(41-48-89)84-44-49-94-103(59-84)104-61-86(46-51-95(104)108-66-113-109(63-105(94)108)100-52-42-72-12-3-4-17-90(72)119(100)122-113)116-98-22-9-7-20-96(98)115(97-21-8-10-23-99(97)116)75-30-28-70(29-31-75)79-34-38-83-54-76-13-1-2-14-77(76)57-88(83)58-79/h1-66H. The SMILES string of the molecule is N#Cc1ccc(-c2ccc3cc(-c4ccc5c(c4)c4ccccc4c4cc6c7c8ccc9cccc%10ccc(cc7n(-c7ccc(-c%11ccc%12c(c%11)c%11cc(-c%13c%14ccccc%14c(-c%14ccc(-c%15ccc%16cc%17ccccc%17cc%16c%15)cc%14)c%14ccccc%13%14)ccc%11c%11cc%13oc%14c%15ccccc%15ccc%14c%13cc%12%11)cc7)c6cc54)c8c%109)ccc3c2)cc1. The molecule has 558 valence electrons. The Hall–Kier alpha value is -16.3. The topological polar surface area (TPSA) is 41.9 Å². The lowest BCUT2D eigenvalue weighted by atomic mass is 9.84. The predicted octanol–water partition coefficient (Wildman–Crippen LogP) is 33.3. The summed E-state index contributed by atoms with van der Waals surface area (Å²) in [7, 11) is 0. The normalized spacial score (nSPS) is 12.3. The van der Waals surface area contributed by atoms with Crippen molar-refractivity contribution in [2.45, 2.75) is 0 Å². The highest BCUT2D eigenvalue weighted by atomic mass is 16.3. The van der Waals surface area contributed by atoms with Gasteiger partial charge in [-0.15, -0.1) is 0 Å². The number of aromatic nitrogens is 1. The average molecular weight is 1540 g/mol. The van der Waals surface area contributed by atoms with E-state index in [1.54, 1.807) is 0 Å². The monoisotopic (exact) mass is 1540 g/mol. The highest BCUT2D eigenvalue weighted by Crippen LogP contribution is 2.51. The van der Waals surface area contributed by atoms with Crippen molar-refractivity contribution in [2.24, 2.45) is 0 Å². The molecule has 25 aromatic carbocycles. The Morgan fingerprint density at radius 3 is 1.20 bits per heavy atom. The molecule has 0 amide bonds. The predicted molar refractivity (Wildman–Crippen MR) is 519 cm³/mol. The molecule has 0 radical (unpaired) electrons. The first-order valence-corrected chi connectivity index (χ1v) is 42.1. The van der Waals surface area contributed by atoms with Crippen molar-refractivity contribution in [3.05, 3.63) is 406 Å². The highest BCUT2D eigenvalue weighted by molar-refractivity contribution is 6.37. The molecular weight excluding hydrogens is 1470 g/mol. The summed E-state index contributed by atoms with van der Waals surface area (Å²) in [6, 6.07) is 152. The molecule has 2 heterocycles. The van der Waals surface area contributed by atoms with Gasteiger partial charge in [-0.05, 0) is 332 Å². The largest absolute Gasteiger partial charge is 0.455 e. The number of nitrogens with zero attached hydrogens (tertiary/aromatic N) is 2. The molecule has 0 saturated carbocycles. The summed E-state index contributed by atoms with van der Waals surface area (Å²) in [4.78, 5) is 0. The summed E-state index contributed by atoms with van der Waals surface area (Å²) >= 11 is 0.